The fraction of sp³-hybridized carbons (Fsp3) is 0.217. The second-order valence-corrected chi connectivity index (χ2v) is 6.69. The van der Waals surface area contributed by atoms with Crippen LogP contribution in [-0.2, 0) is 20.9 Å². The van der Waals surface area contributed by atoms with E-state index in [-0.39, 0.29) is 12.5 Å². The summed E-state index contributed by atoms with van der Waals surface area (Å²) < 4.78 is 20.5. The highest BCUT2D eigenvalue weighted by Crippen LogP contribution is 2.21. The van der Waals surface area contributed by atoms with Gasteiger partial charge in [-0.3, -0.25) is 4.79 Å². The third-order valence-electron chi connectivity index (χ3n) is 4.39. The number of hydrogen-bond donors (Lipinski definition) is 1. The van der Waals surface area contributed by atoms with Gasteiger partial charge in [0.05, 0.1) is 14.2 Å². The highest BCUT2D eigenvalue weighted by atomic mass is 16.6. The van der Waals surface area contributed by atoms with Crippen molar-refractivity contribution in [2.24, 2.45) is 0 Å². The quantitative estimate of drug-likeness (QED) is 0.402. The number of methoxy groups -OCH3 is 2. The number of nitrogens with zero attached hydrogens (tertiary/aromatic N) is 2. The molecule has 166 valence electrons. The van der Waals surface area contributed by atoms with Gasteiger partial charge in [0.25, 0.3) is 5.89 Å². The van der Waals surface area contributed by atoms with Crippen molar-refractivity contribution in [3.8, 4) is 22.9 Å². The van der Waals surface area contributed by atoms with E-state index in [0.717, 1.165) is 11.3 Å². The van der Waals surface area contributed by atoms with Gasteiger partial charge < -0.3 is 24.1 Å². The first-order chi connectivity index (χ1) is 15.5. The van der Waals surface area contributed by atoms with Gasteiger partial charge in [0, 0.05) is 11.6 Å². The van der Waals surface area contributed by atoms with E-state index in [1.165, 1.54) is 13.0 Å². The average molecular weight is 437 g/mol. The summed E-state index contributed by atoms with van der Waals surface area (Å²) in [5, 5.41) is 6.42. The van der Waals surface area contributed by atoms with Crippen molar-refractivity contribution in [2.75, 3.05) is 14.2 Å². The Morgan fingerprint density at radius 3 is 2.56 bits per heavy atom. The van der Waals surface area contributed by atoms with E-state index in [9.17, 15) is 9.59 Å². The summed E-state index contributed by atoms with van der Waals surface area (Å²) in [5.74, 6) is 0.806. The minimum atomic E-state index is -0.858. The monoisotopic (exact) mass is 437 g/mol. The number of rotatable bonds is 9. The lowest BCUT2D eigenvalue weighted by molar-refractivity contribution is -0.149. The molecule has 1 amide bonds. The lowest BCUT2D eigenvalue weighted by Gasteiger charge is -2.11. The third-order valence-corrected chi connectivity index (χ3v) is 4.39. The molecular formula is C23H23N3O6. The molecule has 9 nitrogen and oxygen atoms in total. The zero-order valence-electron chi connectivity index (χ0n) is 17.9. The van der Waals surface area contributed by atoms with Crippen LogP contribution in [0.4, 0.5) is 0 Å². The van der Waals surface area contributed by atoms with Gasteiger partial charge in [0.1, 0.15) is 17.5 Å². The van der Waals surface area contributed by atoms with Crippen LogP contribution in [0, 0.1) is 0 Å². The van der Waals surface area contributed by atoms with Gasteiger partial charge in [-0.25, -0.2) is 4.79 Å². The van der Waals surface area contributed by atoms with Gasteiger partial charge in [-0.05, 0) is 42.8 Å². The van der Waals surface area contributed by atoms with Crippen LogP contribution in [0.3, 0.4) is 0 Å². The standard InChI is InChI=1S/C23H23N3O6/c1-15(24-20(27)12-9-16-7-10-18(29-2)11-8-16)23(28)31-14-21-25-22(26-32-21)17-5-4-6-19(13-17)30-3/h4-13,15H,14H2,1-3H3,(H,24,27)/b12-9+. The lowest BCUT2D eigenvalue weighted by Crippen LogP contribution is -2.38. The van der Waals surface area contributed by atoms with Gasteiger partial charge >= 0.3 is 5.97 Å². The Hall–Kier alpha value is -4.14. The maximum atomic E-state index is 12.2. The van der Waals surface area contributed by atoms with E-state index >= 15 is 0 Å². The van der Waals surface area contributed by atoms with Crippen molar-refractivity contribution in [1.82, 2.24) is 15.5 Å². The van der Waals surface area contributed by atoms with E-state index in [1.807, 2.05) is 12.1 Å². The molecule has 0 aliphatic heterocycles. The minimum absolute atomic E-state index is 0.133. The SMILES string of the molecule is COc1ccc(/C=C/C(=O)NC(C)C(=O)OCc2nc(-c3cccc(OC)c3)no2)cc1. The van der Waals surface area contributed by atoms with E-state index < -0.39 is 17.9 Å². The molecular weight excluding hydrogens is 414 g/mol. The number of nitrogens with one attached hydrogen (secondary N) is 1. The summed E-state index contributed by atoms with van der Waals surface area (Å²) in [6.45, 7) is 1.31. The molecule has 32 heavy (non-hydrogen) atoms. The van der Waals surface area contributed by atoms with E-state index in [2.05, 4.69) is 15.5 Å². The number of ether oxygens (including phenoxy) is 3. The zero-order chi connectivity index (χ0) is 22.9. The van der Waals surface area contributed by atoms with Gasteiger partial charge in [-0.1, -0.05) is 29.4 Å². The first-order valence-electron chi connectivity index (χ1n) is 9.74. The van der Waals surface area contributed by atoms with Crippen molar-refractivity contribution in [3.63, 3.8) is 0 Å². The first-order valence-corrected chi connectivity index (χ1v) is 9.74. The van der Waals surface area contributed by atoms with Gasteiger partial charge in [-0.15, -0.1) is 0 Å². The number of carbonyl (C=O) groups excluding carboxylic acids is 2. The van der Waals surface area contributed by atoms with Gasteiger partial charge in [-0.2, -0.15) is 4.98 Å². The van der Waals surface area contributed by atoms with Crippen LogP contribution in [0.5, 0.6) is 11.5 Å². The second-order valence-electron chi connectivity index (χ2n) is 6.69. The molecule has 0 saturated carbocycles. The van der Waals surface area contributed by atoms with E-state index in [0.29, 0.717) is 17.1 Å². The Morgan fingerprint density at radius 1 is 1.09 bits per heavy atom. The third kappa shape index (κ3) is 6.18. The molecule has 3 aromatic rings. The highest BCUT2D eigenvalue weighted by molar-refractivity contribution is 5.94. The average Bonchev–Trinajstić information content (AvgIpc) is 3.30. The molecule has 0 bridgehead atoms. The van der Waals surface area contributed by atoms with Gasteiger partial charge in [0.2, 0.25) is 11.7 Å². The maximum Gasteiger partial charge on any atom is 0.328 e. The highest BCUT2D eigenvalue weighted by Gasteiger charge is 2.18. The molecule has 0 aliphatic rings. The van der Waals surface area contributed by atoms with E-state index in [4.69, 9.17) is 18.7 Å². The lowest BCUT2D eigenvalue weighted by atomic mass is 10.2. The molecule has 2 aromatic carbocycles. The van der Waals surface area contributed by atoms with Crippen LogP contribution < -0.4 is 14.8 Å². The fourth-order valence-corrected chi connectivity index (χ4v) is 2.66. The zero-order valence-corrected chi connectivity index (χ0v) is 17.9. The number of amides is 1. The van der Waals surface area contributed by atoms with Crippen molar-refractivity contribution in [1.29, 1.82) is 0 Å². The van der Waals surface area contributed by atoms with Crippen LogP contribution in [0.1, 0.15) is 18.4 Å². The number of aromatic nitrogens is 2. The predicted molar refractivity (Wildman–Crippen MR) is 116 cm³/mol. The second kappa shape index (κ2) is 10.8. The van der Waals surface area contributed by atoms with Crippen molar-refractivity contribution in [3.05, 3.63) is 66.1 Å². The molecule has 0 fully saturated rings. The Kier molecular flexibility index (Phi) is 7.58. The summed E-state index contributed by atoms with van der Waals surface area (Å²) >= 11 is 0. The Labute approximate surface area is 185 Å². The Balaban J connectivity index is 1.48. The van der Waals surface area contributed by atoms with Crippen LogP contribution in [0.15, 0.2) is 59.1 Å². The van der Waals surface area contributed by atoms with Gasteiger partial charge in [0.15, 0.2) is 6.61 Å². The number of benzene rings is 2. The summed E-state index contributed by atoms with van der Waals surface area (Å²) in [7, 11) is 3.14. The van der Waals surface area contributed by atoms with Crippen LogP contribution in [-0.4, -0.2) is 42.3 Å². The largest absolute Gasteiger partial charge is 0.497 e. The van der Waals surface area contributed by atoms with Crippen LogP contribution in [0.2, 0.25) is 0 Å². The molecule has 1 heterocycles. The van der Waals surface area contributed by atoms with Crippen molar-refractivity contribution < 1.29 is 28.3 Å². The summed E-state index contributed by atoms with van der Waals surface area (Å²) in [4.78, 5) is 28.4. The number of hydrogen-bond acceptors (Lipinski definition) is 8. The first kappa shape index (κ1) is 22.5. The summed E-state index contributed by atoms with van der Waals surface area (Å²) in [5.41, 5.74) is 1.52. The summed E-state index contributed by atoms with van der Waals surface area (Å²) in [6, 6.07) is 13.5. The molecule has 1 N–H and O–H groups in total. The minimum Gasteiger partial charge on any atom is -0.497 e. The normalized spacial score (nSPS) is 11.7. The molecule has 3 rings (SSSR count). The van der Waals surface area contributed by atoms with Crippen molar-refractivity contribution >= 4 is 18.0 Å². The van der Waals surface area contributed by atoms with E-state index in [1.54, 1.807) is 56.7 Å². The molecule has 1 aromatic heterocycles. The van der Waals surface area contributed by atoms with Crippen LogP contribution in [0.25, 0.3) is 17.5 Å². The topological polar surface area (TPSA) is 113 Å². The molecule has 0 radical (unpaired) electrons. The maximum absolute atomic E-state index is 12.2. The summed E-state index contributed by atoms with van der Waals surface area (Å²) in [6.07, 6.45) is 2.97. The Bertz CT molecular complexity index is 1090. The number of esters is 1. The molecule has 0 spiro atoms. The fourth-order valence-electron chi connectivity index (χ4n) is 2.66. The predicted octanol–water partition coefficient (Wildman–Crippen LogP) is 3.02. The smallest absolute Gasteiger partial charge is 0.328 e. The molecule has 1 unspecified atom stereocenters. The van der Waals surface area contributed by atoms with Crippen LogP contribution >= 0.6 is 0 Å². The van der Waals surface area contributed by atoms with Crippen molar-refractivity contribution in [2.45, 2.75) is 19.6 Å². The molecule has 9 heteroatoms. The molecule has 1 atom stereocenters. The molecule has 0 saturated heterocycles. The molecule has 0 aliphatic carbocycles. The number of carbonyl (C=O) groups is 2. The Morgan fingerprint density at radius 2 is 1.84 bits per heavy atom.